The van der Waals surface area contributed by atoms with Crippen molar-refractivity contribution in [2.45, 2.75) is 52.5 Å². The fourth-order valence-electron chi connectivity index (χ4n) is 4.07. The molecule has 10 heteroatoms. The second kappa shape index (κ2) is 8.84. The largest absolute Gasteiger partial charge is 0.478 e. The van der Waals surface area contributed by atoms with Gasteiger partial charge in [-0.1, -0.05) is 13.8 Å². The first-order chi connectivity index (χ1) is 15.3. The van der Waals surface area contributed by atoms with Crippen LogP contribution >= 0.6 is 22.7 Å². The number of carbonyl (C=O) groups excluding carboxylic acids is 1. The quantitative estimate of drug-likeness (QED) is 0.564. The number of carboxylic acids is 1. The van der Waals surface area contributed by atoms with Crippen LogP contribution in [-0.4, -0.2) is 26.5 Å². The van der Waals surface area contributed by atoms with Gasteiger partial charge in [-0.2, -0.15) is 5.26 Å². The normalized spacial score (nSPS) is 15.3. The van der Waals surface area contributed by atoms with Crippen LogP contribution in [0.1, 0.15) is 58.9 Å². The Bertz CT molecular complexity index is 1330. The Labute approximate surface area is 192 Å². The molecule has 0 spiro atoms. The summed E-state index contributed by atoms with van der Waals surface area (Å²) in [5, 5.41) is 23.8. The lowest BCUT2D eigenvalue weighted by Gasteiger charge is -2.17. The second-order valence-electron chi connectivity index (χ2n) is 8.02. The number of anilines is 1. The third-order valence-electron chi connectivity index (χ3n) is 5.65. The zero-order valence-electron chi connectivity index (χ0n) is 17.7. The molecule has 1 aliphatic rings. The van der Waals surface area contributed by atoms with Crippen LogP contribution in [0.5, 0.6) is 0 Å². The molecule has 0 fully saturated rings. The van der Waals surface area contributed by atoms with Crippen molar-refractivity contribution in [3.63, 3.8) is 0 Å². The molecule has 0 bridgehead atoms. The number of hydrogen-bond acceptors (Lipinski definition) is 7. The summed E-state index contributed by atoms with van der Waals surface area (Å²) in [7, 11) is 0. The third kappa shape index (κ3) is 3.94. The van der Waals surface area contributed by atoms with Crippen LogP contribution in [-0.2, 0) is 30.6 Å². The molecule has 8 nitrogen and oxygen atoms in total. The monoisotopic (exact) mass is 470 g/mol. The predicted octanol–water partition coefficient (Wildman–Crippen LogP) is 3.81. The van der Waals surface area contributed by atoms with Crippen molar-refractivity contribution in [1.29, 1.82) is 5.26 Å². The molecule has 2 N–H and O–H groups in total. The smallest absolute Gasteiger partial charge is 0.337 e. The highest BCUT2D eigenvalue weighted by molar-refractivity contribution is 7.17. The van der Waals surface area contributed by atoms with Gasteiger partial charge in [0.1, 0.15) is 28.3 Å². The number of rotatable bonds is 6. The van der Waals surface area contributed by atoms with E-state index in [9.17, 15) is 24.8 Å². The van der Waals surface area contributed by atoms with Gasteiger partial charge >= 0.3 is 5.97 Å². The van der Waals surface area contributed by atoms with E-state index in [1.807, 2.05) is 6.92 Å². The van der Waals surface area contributed by atoms with Gasteiger partial charge in [-0.15, -0.1) is 22.7 Å². The minimum atomic E-state index is -1.20. The summed E-state index contributed by atoms with van der Waals surface area (Å²) < 4.78 is 1.25. The summed E-state index contributed by atoms with van der Waals surface area (Å²) in [5.74, 6) is -0.663. The summed E-state index contributed by atoms with van der Waals surface area (Å²) in [5.41, 5.74) is 0.881. The van der Waals surface area contributed by atoms with E-state index < -0.39 is 17.4 Å². The van der Waals surface area contributed by atoms with Crippen LogP contribution in [0.25, 0.3) is 10.2 Å². The van der Waals surface area contributed by atoms with E-state index in [0.29, 0.717) is 40.0 Å². The highest BCUT2D eigenvalue weighted by atomic mass is 32.1. The number of carbonyl (C=O) groups is 2. The number of aromatic carboxylic acids is 1. The lowest BCUT2D eigenvalue weighted by molar-refractivity contribution is -0.116. The van der Waals surface area contributed by atoms with E-state index in [1.165, 1.54) is 21.3 Å². The molecule has 0 saturated carbocycles. The number of aryl methyl sites for hydroxylation is 1. The minimum Gasteiger partial charge on any atom is -0.478 e. The molecular weight excluding hydrogens is 448 g/mol. The molecule has 1 atom stereocenters. The minimum absolute atomic E-state index is 0.0217. The van der Waals surface area contributed by atoms with Crippen molar-refractivity contribution in [2.75, 3.05) is 5.32 Å². The van der Waals surface area contributed by atoms with E-state index >= 15 is 0 Å². The number of nitrogens with one attached hydrogen (secondary N) is 1. The number of nitrogens with zero attached hydrogens (tertiary/aromatic N) is 3. The second-order valence-corrected chi connectivity index (χ2v) is 9.98. The average Bonchev–Trinajstić information content (AvgIpc) is 3.31. The SMILES string of the molecule is CCCc1nc2scc(C(=O)O)c2c(=O)n1CC(=O)Nc1sc2c(c1C#N)CCC(C)C2. The lowest BCUT2D eigenvalue weighted by atomic mass is 9.89. The molecule has 0 aliphatic heterocycles. The molecule has 1 unspecified atom stereocenters. The van der Waals surface area contributed by atoms with E-state index in [1.54, 1.807) is 0 Å². The van der Waals surface area contributed by atoms with Crippen molar-refractivity contribution < 1.29 is 14.7 Å². The van der Waals surface area contributed by atoms with Gasteiger partial charge in [-0.25, -0.2) is 9.78 Å². The van der Waals surface area contributed by atoms with Gasteiger partial charge in [0.05, 0.1) is 16.5 Å². The molecule has 32 heavy (non-hydrogen) atoms. The van der Waals surface area contributed by atoms with Gasteiger partial charge in [0.2, 0.25) is 5.91 Å². The number of amides is 1. The first-order valence-corrected chi connectivity index (χ1v) is 12.1. The molecule has 4 rings (SSSR count). The van der Waals surface area contributed by atoms with E-state index in [-0.39, 0.29) is 17.5 Å². The number of hydrogen-bond donors (Lipinski definition) is 2. The number of aromatic nitrogens is 2. The fourth-order valence-corrected chi connectivity index (χ4v) is 6.37. The Morgan fingerprint density at radius 3 is 2.91 bits per heavy atom. The van der Waals surface area contributed by atoms with Gasteiger partial charge in [0.25, 0.3) is 5.56 Å². The highest BCUT2D eigenvalue weighted by Crippen LogP contribution is 2.39. The zero-order valence-corrected chi connectivity index (χ0v) is 19.4. The molecule has 1 aliphatic carbocycles. The Morgan fingerprint density at radius 1 is 1.44 bits per heavy atom. The van der Waals surface area contributed by atoms with Crippen molar-refractivity contribution in [3.05, 3.63) is 43.1 Å². The van der Waals surface area contributed by atoms with Gasteiger partial charge in [-0.3, -0.25) is 14.2 Å². The van der Waals surface area contributed by atoms with E-state index in [0.717, 1.165) is 41.0 Å². The average molecular weight is 471 g/mol. The summed E-state index contributed by atoms with van der Waals surface area (Å²) in [6.45, 7) is 3.82. The predicted molar refractivity (Wildman–Crippen MR) is 124 cm³/mol. The van der Waals surface area contributed by atoms with Crippen LogP contribution in [0.2, 0.25) is 0 Å². The molecule has 0 saturated heterocycles. The van der Waals surface area contributed by atoms with Gasteiger partial charge in [-0.05, 0) is 37.2 Å². The summed E-state index contributed by atoms with van der Waals surface area (Å²) in [4.78, 5) is 43.6. The zero-order chi connectivity index (χ0) is 23.0. The molecule has 3 aromatic heterocycles. The van der Waals surface area contributed by atoms with Gasteiger partial charge < -0.3 is 10.4 Å². The first kappa shape index (κ1) is 22.2. The summed E-state index contributed by atoms with van der Waals surface area (Å²) in [6, 6.07) is 2.22. The van der Waals surface area contributed by atoms with Crippen LogP contribution in [0.15, 0.2) is 10.2 Å². The molecule has 3 aromatic rings. The maximum absolute atomic E-state index is 13.2. The molecule has 1 amide bonds. The Hall–Kier alpha value is -3.03. The van der Waals surface area contributed by atoms with Crippen LogP contribution < -0.4 is 10.9 Å². The first-order valence-electron chi connectivity index (χ1n) is 10.4. The molecule has 0 radical (unpaired) electrons. The topological polar surface area (TPSA) is 125 Å². The van der Waals surface area contributed by atoms with Crippen LogP contribution in [0.4, 0.5) is 5.00 Å². The Kier molecular flexibility index (Phi) is 6.13. The van der Waals surface area contributed by atoms with Gasteiger partial charge in [0, 0.05) is 16.7 Å². The molecule has 166 valence electrons. The number of thiophene rings is 2. The van der Waals surface area contributed by atoms with Gasteiger partial charge in [0.15, 0.2) is 0 Å². The summed E-state index contributed by atoms with van der Waals surface area (Å²) in [6.07, 6.45) is 3.92. The lowest BCUT2D eigenvalue weighted by Crippen LogP contribution is -2.31. The van der Waals surface area contributed by atoms with Crippen molar-refractivity contribution in [1.82, 2.24) is 9.55 Å². The molecule has 3 heterocycles. The maximum atomic E-state index is 13.2. The Morgan fingerprint density at radius 2 is 2.22 bits per heavy atom. The number of fused-ring (bicyclic) bond motifs is 2. The van der Waals surface area contributed by atoms with Crippen LogP contribution in [0.3, 0.4) is 0 Å². The Balaban J connectivity index is 1.68. The maximum Gasteiger partial charge on any atom is 0.337 e. The molecule has 0 aromatic carbocycles. The van der Waals surface area contributed by atoms with E-state index in [4.69, 9.17) is 0 Å². The summed E-state index contributed by atoms with van der Waals surface area (Å²) >= 11 is 2.53. The van der Waals surface area contributed by atoms with Crippen LogP contribution in [0, 0.1) is 17.2 Å². The van der Waals surface area contributed by atoms with Crippen molar-refractivity contribution >= 4 is 49.8 Å². The van der Waals surface area contributed by atoms with Crippen molar-refractivity contribution in [2.24, 2.45) is 5.92 Å². The third-order valence-corrected chi connectivity index (χ3v) is 7.70. The fraction of sp³-hybridized carbons (Fsp3) is 0.409. The molecular formula is C22H22N4O4S2. The van der Waals surface area contributed by atoms with E-state index in [2.05, 4.69) is 23.3 Å². The van der Waals surface area contributed by atoms with Crippen molar-refractivity contribution in [3.8, 4) is 6.07 Å². The number of nitriles is 1. The number of carboxylic acid groups (broad SMARTS) is 1. The highest BCUT2D eigenvalue weighted by Gasteiger charge is 2.25. The standard InChI is InChI=1S/C22H22N4O4S2/c1-3-4-16-24-20-18(14(10-31-20)22(29)30)21(28)26(16)9-17(27)25-19-13(8-23)12-6-5-11(2)7-15(12)32-19/h10-11H,3-7,9H2,1-2H3,(H,25,27)(H,29,30).